The van der Waals surface area contributed by atoms with E-state index in [4.69, 9.17) is 14.8 Å². The van der Waals surface area contributed by atoms with Crippen molar-refractivity contribution in [2.75, 3.05) is 19.8 Å². The summed E-state index contributed by atoms with van der Waals surface area (Å²) in [5, 5.41) is 13.8. The molecule has 0 aromatic heterocycles. The molecule has 0 saturated carbocycles. The molecule has 0 fully saturated rings. The van der Waals surface area contributed by atoms with Crippen molar-refractivity contribution < 1.29 is 28.4 Å². The maximum atomic E-state index is 12.9. The van der Waals surface area contributed by atoms with Crippen LogP contribution in [0.15, 0.2) is 12.2 Å². The molecule has 0 spiro atoms. The van der Waals surface area contributed by atoms with Gasteiger partial charge >= 0.3 is 7.82 Å². The van der Waals surface area contributed by atoms with Crippen molar-refractivity contribution in [1.82, 2.24) is 5.32 Å². The monoisotopic (exact) mass is 997 g/mol. The largest absolute Gasteiger partial charge is 0.472 e. The van der Waals surface area contributed by atoms with E-state index in [1.165, 1.54) is 276 Å². The zero-order chi connectivity index (χ0) is 50.2. The number of aliphatic hydroxyl groups is 1. The Morgan fingerprint density at radius 2 is 0.739 bits per heavy atom. The fourth-order valence-corrected chi connectivity index (χ4v) is 10.5. The second-order valence-corrected chi connectivity index (χ2v) is 22.7. The molecule has 8 nitrogen and oxygen atoms in total. The molecule has 0 rings (SSSR count). The number of amides is 1. The molecule has 5 N–H and O–H groups in total. The van der Waals surface area contributed by atoms with Crippen molar-refractivity contribution in [1.29, 1.82) is 0 Å². The summed E-state index contributed by atoms with van der Waals surface area (Å²) in [5.41, 5.74) is 5.41. The highest BCUT2D eigenvalue weighted by atomic mass is 31.2. The zero-order valence-electron chi connectivity index (χ0n) is 46.3. The number of carbonyl (C=O) groups is 1. The predicted octanol–water partition coefficient (Wildman–Crippen LogP) is 19.0. The highest BCUT2D eigenvalue weighted by Crippen LogP contribution is 2.43. The number of nitrogens with one attached hydrogen (secondary N) is 1. The van der Waals surface area contributed by atoms with Gasteiger partial charge < -0.3 is 21.1 Å². The number of unbranched alkanes of at least 4 members (excludes halogenated alkanes) is 47. The van der Waals surface area contributed by atoms with Crippen molar-refractivity contribution in [2.24, 2.45) is 5.73 Å². The Morgan fingerprint density at radius 1 is 0.464 bits per heavy atom. The fraction of sp³-hybridized carbons (Fsp3) is 0.950. The molecule has 0 aliphatic rings. The Kier molecular flexibility index (Phi) is 55.9. The Labute approximate surface area is 430 Å². The van der Waals surface area contributed by atoms with Gasteiger partial charge in [0.2, 0.25) is 5.91 Å². The zero-order valence-corrected chi connectivity index (χ0v) is 47.2. The van der Waals surface area contributed by atoms with Gasteiger partial charge in [-0.05, 0) is 19.3 Å². The first kappa shape index (κ1) is 68.2. The van der Waals surface area contributed by atoms with E-state index < -0.39 is 20.0 Å². The van der Waals surface area contributed by atoms with Crippen LogP contribution in [0.3, 0.4) is 0 Å². The normalized spacial score (nSPS) is 13.6. The SMILES string of the molecule is CCCCCCCCCCCCCCCCC/C=C/[C@@H](O)[C@H](COP(=O)(O)OCCN)NC(=O)CCCCCCCCCCCCCCCCCCCCCCCCCCCCCCCCCCC. The van der Waals surface area contributed by atoms with Crippen LogP contribution in [0.4, 0.5) is 0 Å². The van der Waals surface area contributed by atoms with Crippen LogP contribution in [-0.4, -0.2) is 47.8 Å². The van der Waals surface area contributed by atoms with Gasteiger partial charge in [0.05, 0.1) is 25.4 Å². The van der Waals surface area contributed by atoms with Crippen LogP contribution in [0.1, 0.15) is 335 Å². The Balaban J connectivity index is 3.83. The molecule has 0 radical (unpaired) electrons. The summed E-state index contributed by atoms with van der Waals surface area (Å²) in [5.74, 6) is -0.185. The highest BCUT2D eigenvalue weighted by Gasteiger charge is 2.27. The molecule has 1 amide bonds. The number of phosphoric acid groups is 1. The first-order valence-electron chi connectivity index (χ1n) is 30.8. The number of carbonyl (C=O) groups excluding carboxylic acids is 1. The van der Waals surface area contributed by atoms with Crippen molar-refractivity contribution in [3.05, 3.63) is 12.2 Å². The quantitative estimate of drug-likeness (QED) is 0.0271. The Morgan fingerprint density at radius 3 is 1.03 bits per heavy atom. The minimum absolute atomic E-state index is 0.0818. The molecular weight excluding hydrogens is 876 g/mol. The van der Waals surface area contributed by atoms with Gasteiger partial charge in [-0.25, -0.2) is 4.57 Å². The van der Waals surface area contributed by atoms with Crippen molar-refractivity contribution in [3.63, 3.8) is 0 Å². The number of aliphatic hydroxyl groups excluding tert-OH is 1. The third-order valence-electron chi connectivity index (χ3n) is 14.4. The van der Waals surface area contributed by atoms with E-state index in [1.54, 1.807) is 6.08 Å². The van der Waals surface area contributed by atoms with Crippen LogP contribution in [-0.2, 0) is 18.4 Å². The molecule has 9 heteroatoms. The number of hydrogen-bond donors (Lipinski definition) is 4. The van der Waals surface area contributed by atoms with Crippen LogP contribution in [0.2, 0.25) is 0 Å². The molecule has 0 bridgehead atoms. The second-order valence-electron chi connectivity index (χ2n) is 21.3. The van der Waals surface area contributed by atoms with Gasteiger partial charge in [-0.1, -0.05) is 321 Å². The molecule has 0 aliphatic heterocycles. The summed E-state index contributed by atoms with van der Waals surface area (Å²) in [6, 6.07) is -0.857. The van der Waals surface area contributed by atoms with Gasteiger partial charge in [0.1, 0.15) is 0 Å². The standard InChI is InChI=1S/C60H121N2O6P/c1-3-5-7-9-11-13-15-17-19-21-22-23-24-25-26-27-28-29-30-31-32-33-34-35-36-38-40-42-44-46-48-50-52-54-60(64)62-58(57-68-69(65,66)67-56-55-61)59(63)53-51-49-47-45-43-41-39-37-20-18-16-14-12-10-8-6-4-2/h51,53,58-59,63H,3-50,52,54-57,61H2,1-2H3,(H,62,64)(H,65,66)/b53-51+/t58-,59+/m0/s1. The average Bonchev–Trinajstić information content (AvgIpc) is 3.34. The second kappa shape index (κ2) is 56.5. The lowest BCUT2D eigenvalue weighted by atomic mass is 10.0. The third kappa shape index (κ3) is 54.8. The van der Waals surface area contributed by atoms with E-state index in [-0.39, 0.29) is 25.7 Å². The Bertz CT molecular complexity index is 1090. The van der Waals surface area contributed by atoms with E-state index in [0.717, 1.165) is 38.5 Å². The first-order valence-corrected chi connectivity index (χ1v) is 32.3. The highest BCUT2D eigenvalue weighted by molar-refractivity contribution is 7.47. The molecule has 0 aliphatic carbocycles. The van der Waals surface area contributed by atoms with E-state index in [9.17, 15) is 19.4 Å². The van der Waals surface area contributed by atoms with Gasteiger partial charge in [-0.2, -0.15) is 0 Å². The summed E-state index contributed by atoms with van der Waals surface area (Å²) in [4.78, 5) is 22.9. The number of phosphoric ester groups is 1. The Hall–Kier alpha value is -0.760. The summed E-state index contributed by atoms with van der Waals surface area (Å²) in [7, 11) is -4.34. The van der Waals surface area contributed by atoms with Gasteiger partial charge in [-0.15, -0.1) is 0 Å². The van der Waals surface area contributed by atoms with Gasteiger partial charge in [0.25, 0.3) is 0 Å². The van der Waals surface area contributed by atoms with E-state index in [0.29, 0.717) is 6.42 Å². The van der Waals surface area contributed by atoms with Gasteiger partial charge in [0.15, 0.2) is 0 Å². The number of rotatable bonds is 59. The molecule has 1 unspecified atom stereocenters. The third-order valence-corrected chi connectivity index (χ3v) is 15.3. The van der Waals surface area contributed by atoms with E-state index in [2.05, 4.69) is 19.2 Å². The van der Waals surface area contributed by atoms with Gasteiger partial charge in [-0.3, -0.25) is 13.8 Å². The predicted molar refractivity (Wildman–Crippen MR) is 300 cm³/mol. The molecule has 0 aromatic carbocycles. The van der Waals surface area contributed by atoms with E-state index >= 15 is 0 Å². The molecule has 0 saturated heterocycles. The van der Waals surface area contributed by atoms with E-state index in [1.807, 2.05) is 6.08 Å². The lowest BCUT2D eigenvalue weighted by molar-refractivity contribution is -0.123. The number of hydrogen-bond acceptors (Lipinski definition) is 6. The van der Waals surface area contributed by atoms with Crippen LogP contribution < -0.4 is 11.1 Å². The molecule has 3 atom stereocenters. The van der Waals surface area contributed by atoms with Crippen molar-refractivity contribution in [3.8, 4) is 0 Å². The fourth-order valence-electron chi connectivity index (χ4n) is 9.73. The van der Waals surface area contributed by atoms with Crippen LogP contribution >= 0.6 is 7.82 Å². The summed E-state index contributed by atoms with van der Waals surface area (Å²) < 4.78 is 22.3. The average molecular weight is 998 g/mol. The lowest BCUT2D eigenvalue weighted by Crippen LogP contribution is -2.45. The molecule has 0 heterocycles. The molecule has 0 aromatic rings. The van der Waals surface area contributed by atoms with Gasteiger partial charge in [0, 0.05) is 13.0 Å². The van der Waals surface area contributed by atoms with Crippen LogP contribution in [0.25, 0.3) is 0 Å². The summed E-state index contributed by atoms with van der Waals surface area (Å²) in [6.45, 7) is 4.20. The minimum Gasteiger partial charge on any atom is -0.387 e. The minimum atomic E-state index is -4.34. The van der Waals surface area contributed by atoms with Crippen molar-refractivity contribution >= 4 is 13.7 Å². The topological polar surface area (TPSA) is 131 Å². The molecule has 69 heavy (non-hydrogen) atoms. The van der Waals surface area contributed by atoms with Crippen molar-refractivity contribution in [2.45, 2.75) is 347 Å². The maximum Gasteiger partial charge on any atom is 0.472 e. The maximum absolute atomic E-state index is 12.9. The number of allylic oxidation sites excluding steroid dienone is 1. The van der Waals surface area contributed by atoms with Crippen LogP contribution in [0, 0.1) is 0 Å². The summed E-state index contributed by atoms with van der Waals surface area (Å²) in [6.07, 6.45) is 69.0. The summed E-state index contributed by atoms with van der Waals surface area (Å²) >= 11 is 0. The number of nitrogens with two attached hydrogens (primary N) is 1. The first-order chi connectivity index (χ1) is 33.9. The molecule has 412 valence electrons. The van der Waals surface area contributed by atoms with Crippen LogP contribution in [0.5, 0.6) is 0 Å². The lowest BCUT2D eigenvalue weighted by Gasteiger charge is -2.23. The smallest absolute Gasteiger partial charge is 0.387 e. The molecular formula is C60H121N2O6P.